The number of nitrogen functional groups attached to an aromatic ring is 1. The number of aromatic nitrogens is 3. The highest BCUT2D eigenvalue weighted by Crippen LogP contribution is 2.33. The molecule has 0 amide bonds. The number of aryl methyl sites for hydroxylation is 1. The first-order valence-corrected chi connectivity index (χ1v) is 6.21. The Morgan fingerprint density at radius 3 is 2.81 bits per heavy atom. The molecule has 3 rings (SSSR count). The summed E-state index contributed by atoms with van der Waals surface area (Å²) in [4.78, 5) is 0. The second kappa shape index (κ2) is 5.01. The van der Waals surface area contributed by atoms with Crippen LogP contribution in [0.25, 0.3) is 16.8 Å². The van der Waals surface area contributed by atoms with Gasteiger partial charge in [-0.1, -0.05) is 6.07 Å². The lowest BCUT2D eigenvalue weighted by molar-refractivity contribution is -0.0494. The molecule has 2 aromatic heterocycles. The molecule has 2 heterocycles. The molecule has 0 aliphatic carbocycles. The van der Waals surface area contributed by atoms with Crippen LogP contribution < -0.4 is 10.5 Å². The van der Waals surface area contributed by atoms with Crippen LogP contribution in [0.3, 0.4) is 0 Å². The van der Waals surface area contributed by atoms with E-state index in [1.54, 1.807) is 47.9 Å². The molecule has 0 radical (unpaired) electrons. The van der Waals surface area contributed by atoms with Gasteiger partial charge in [0.2, 0.25) is 5.95 Å². The van der Waals surface area contributed by atoms with Crippen molar-refractivity contribution in [3.63, 3.8) is 0 Å². The van der Waals surface area contributed by atoms with Gasteiger partial charge in [-0.3, -0.25) is 4.40 Å². The fourth-order valence-electron chi connectivity index (χ4n) is 2.18. The molecule has 2 N–H and O–H groups in total. The van der Waals surface area contributed by atoms with Crippen LogP contribution in [0.4, 0.5) is 14.7 Å². The maximum Gasteiger partial charge on any atom is 0.387 e. The quantitative estimate of drug-likeness (QED) is 0.805. The smallest absolute Gasteiger partial charge is 0.387 e. The molecule has 3 aromatic rings. The molecular formula is C14H12F2N4O. The van der Waals surface area contributed by atoms with Crippen molar-refractivity contribution < 1.29 is 13.5 Å². The van der Waals surface area contributed by atoms with Gasteiger partial charge in [0.25, 0.3) is 0 Å². The van der Waals surface area contributed by atoms with Gasteiger partial charge in [0.1, 0.15) is 11.4 Å². The van der Waals surface area contributed by atoms with Crippen molar-refractivity contribution in [3.05, 3.63) is 42.1 Å². The lowest BCUT2D eigenvalue weighted by Crippen LogP contribution is -2.06. The summed E-state index contributed by atoms with van der Waals surface area (Å²) in [5, 5.41) is 7.87. The van der Waals surface area contributed by atoms with Crippen molar-refractivity contribution in [2.45, 2.75) is 13.5 Å². The molecule has 0 saturated heterocycles. The predicted molar refractivity (Wildman–Crippen MR) is 74.2 cm³/mol. The first-order chi connectivity index (χ1) is 10.1. The predicted octanol–water partition coefficient (Wildman–Crippen LogP) is 2.89. The van der Waals surface area contributed by atoms with Crippen molar-refractivity contribution in [1.29, 1.82) is 0 Å². The molecule has 0 spiro atoms. The van der Waals surface area contributed by atoms with E-state index in [0.29, 0.717) is 16.8 Å². The molecule has 7 heteroatoms. The zero-order valence-electron chi connectivity index (χ0n) is 11.1. The van der Waals surface area contributed by atoms with Crippen molar-refractivity contribution in [1.82, 2.24) is 14.6 Å². The highest BCUT2D eigenvalue weighted by Gasteiger charge is 2.16. The van der Waals surface area contributed by atoms with Crippen LogP contribution in [0.2, 0.25) is 0 Å². The maximum absolute atomic E-state index is 12.6. The molecule has 108 valence electrons. The van der Waals surface area contributed by atoms with E-state index in [2.05, 4.69) is 14.9 Å². The largest absolute Gasteiger partial charge is 0.434 e. The van der Waals surface area contributed by atoms with E-state index >= 15 is 0 Å². The zero-order chi connectivity index (χ0) is 15.0. The highest BCUT2D eigenvalue weighted by molar-refractivity contribution is 5.81. The minimum atomic E-state index is -2.91. The Bertz CT molecular complexity index is 801. The number of ether oxygens (including phenoxy) is 1. The Hall–Kier alpha value is -2.70. The summed E-state index contributed by atoms with van der Waals surface area (Å²) in [5.41, 5.74) is 8.09. The molecule has 0 atom stereocenters. The Morgan fingerprint density at radius 1 is 1.24 bits per heavy atom. The molecule has 0 bridgehead atoms. The minimum Gasteiger partial charge on any atom is -0.434 e. The van der Waals surface area contributed by atoms with Crippen LogP contribution >= 0.6 is 0 Å². The van der Waals surface area contributed by atoms with Crippen molar-refractivity contribution in [2.75, 3.05) is 5.73 Å². The summed E-state index contributed by atoms with van der Waals surface area (Å²) in [6, 6.07) is 8.58. The molecule has 1 aromatic carbocycles. The number of anilines is 1. The number of alkyl halides is 2. The lowest BCUT2D eigenvalue weighted by atomic mass is 10.1. The van der Waals surface area contributed by atoms with Crippen LogP contribution in [-0.2, 0) is 0 Å². The summed E-state index contributed by atoms with van der Waals surface area (Å²) in [6.45, 7) is -1.11. The average Bonchev–Trinajstić information content (AvgIpc) is 2.90. The highest BCUT2D eigenvalue weighted by atomic mass is 19.3. The first-order valence-electron chi connectivity index (χ1n) is 6.21. The maximum atomic E-state index is 12.6. The summed E-state index contributed by atoms with van der Waals surface area (Å²) in [6.07, 6.45) is 1.73. The van der Waals surface area contributed by atoms with E-state index in [9.17, 15) is 8.78 Å². The molecule has 0 unspecified atom stereocenters. The Labute approximate surface area is 119 Å². The molecular weight excluding hydrogens is 278 g/mol. The third-order valence-corrected chi connectivity index (χ3v) is 3.10. The number of benzene rings is 1. The molecule has 0 saturated carbocycles. The van der Waals surface area contributed by atoms with Crippen LogP contribution in [0.1, 0.15) is 5.56 Å². The summed E-state index contributed by atoms with van der Waals surface area (Å²) in [5.74, 6) is 0.286. The SMILES string of the molecule is Cc1ccc(-c2nnc(N)n3cccc23)c(OC(F)F)c1. The van der Waals surface area contributed by atoms with E-state index in [4.69, 9.17) is 5.73 Å². The molecule has 0 aliphatic rings. The second-order valence-corrected chi connectivity index (χ2v) is 4.55. The van der Waals surface area contributed by atoms with Gasteiger partial charge in [-0.25, -0.2) is 0 Å². The summed E-state index contributed by atoms with van der Waals surface area (Å²) >= 11 is 0. The first kappa shape index (κ1) is 13.3. The van der Waals surface area contributed by atoms with E-state index in [1.165, 1.54) is 0 Å². The lowest BCUT2D eigenvalue weighted by Gasteiger charge is -2.12. The van der Waals surface area contributed by atoms with Gasteiger partial charge in [-0.15, -0.1) is 10.2 Å². The number of rotatable bonds is 3. The van der Waals surface area contributed by atoms with Crippen LogP contribution in [0.5, 0.6) is 5.75 Å². The molecule has 0 fully saturated rings. The number of nitrogens with zero attached hydrogens (tertiary/aromatic N) is 3. The fourth-order valence-corrected chi connectivity index (χ4v) is 2.18. The fraction of sp³-hybridized carbons (Fsp3) is 0.143. The van der Waals surface area contributed by atoms with Gasteiger partial charge in [0.15, 0.2) is 0 Å². The normalized spacial score (nSPS) is 11.2. The molecule has 5 nitrogen and oxygen atoms in total. The van der Waals surface area contributed by atoms with E-state index in [1.807, 2.05) is 0 Å². The topological polar surface area (TPSA) is 65.4 Å². The van der Waals surface area contributed by atoms with Gasteiger partial charge in [0, 0.05) is 11.8 Å². The summed E-state index contributed by atoms with van der Waals surface area (Å²) in [7, 11) is 0. The standard InChI is InChI=1S/C14H12F2N4O/c1-8-4-5-9(11(7-8)21-13(15)16)12-10-3-2-6-20(10)14(17)19-18-12/h2-7,13H,1H3,(H2,17,19). The Kier molecular flexibility index (Phi) is 3.17. The third kappa shape index (κ3) is 2.37. The average molecular weight is 290 g/mol. The molecule has 0 aliphatic heterocycles. The number of nitrogens with two attached hydrogens (primary N) is 1. The Balaban J connectivity index is 2.23. The monoisotopic (exact) mass is 290 g/mol. The van der Waals surface area contributed by atoms with E-state index < -0.39 is 6.61 Å². The van der Waals surface area contributed by atoms with E-state index in [-0.39, 0.29) is 11.7 Å². The van der Waals surface area contributed by atoms with Crippen molar-refractivity contribution in [2.24, 2.45) is 0 Å². The van der Waals surface area contributed by atoms with Crippen molar-refractivity contribution >= 4 is 11.5 Å². The van der Waals surface area contributed by atoms with Crippen LogP contribution in [-0.4, -0.2) is 21.2 Å². The third-order valence-electron chi connectivity index (χ3n) is 3.10. The van der Waals surface area contributed by atoms with Crippen LogP contribution in [0.15, 0.2) is 36.5 Å². The molecule has 21 heavy (non-hydrogen) atoms. The number of hydrogen-bond acceptors (Lipinski definition) is 4. The zero-order valence-corrected chi connectivity index (χ0v) is 11.1. The number of hydrogen-bond donors (Lipinski definition) is 1. The van der Waals surface area contributed by atoms with Gasteiger partial charge < -0.3 is 10.5 Å². The van der Waals surface area contributed by atoms with Gasteiger partial charge >= 0.3 is 6.61 Å². The number of fused-ring (bicyclic) bond motifs is 1. The van der Waals surface area contributed by atoms with Gasteiger partial charge in [-0.2, -0.15) is 8.78 Å². The number of halogens is 2. The second-order valence-electron chi connectivity index (χ2n) is 4.55. The van der Waals surface area contributed by atoms with Gasteiger partial charge in [-0.05, 0) is 36.8 Å². The summed E-state index contributed by atoms with van der Waals surface area (Å²) < 4.78 is 31.4. The minimum absolute atomic E-state index is 0.0622. The van der Waals surface area contributed by atoms with Crippen molar-refractivity contribution in [3.8, 4) is 17.0 Å². The van der Waals surface area contributed by atoms with Gasteiger partial charge in [0.05, 0.1) is 5.52 Å². The van der Waals surface area contributed by atoms with Crippen LogP contribution in [0, 0.1) is 6.92 Å². The van der Waals surface area contributed by atoms with E-state index in [0.717, 1.165) is 5.56 Å². The Morgan fingerprint density at radius 2 is 2.05 bits per heavy atom.